The monoisotopic (exact) mass is 256 g/mol. The summed E-state index contributed by atoms with van der Waals surface area (Å²) in [5.74, 6) is 0.479. The zero-order chi connectivity index (χ0) is 12.1. The zero-order valence-corrected chi connectivity index (χ0v) is 11.5. The van der Waals surface area contributed by atoms with Crippen LogP contribution in [0.5, 0.6) is 0 Å². The van der Waals surface area contributed by atoms with Gasteiger partial charge in [-0.05, 0) is 19.8 Å². The van der Waals surface area contributed by atoms with Crippen LogP contribution in [0.15, 0.2) is 0 Å². The summed E-state index contributed by atoms with van der Waals surface area (Å²) in [5.41, 5.74) is 0. The predicted molar refractivity (Wildman–Crippen MR) is 64.4 cm³/mol. The first kappa shape index (κ1) is 15.2. The average molecular weight is 257 g/mol. The topological polar surface area (TPSA) is 40.6 Å². The first-order chi connectivity index (χ1) is 6.87. The van der Waals surface area contributed by atoms with Crippen LogP contribution in [0.1, 0.15) is 26.7 Å². The molecule has 0 aliphatic rings. The van der Waals surface area contributed by atoms with Crippen molar-refractivity contribution in [3.05, 3.63) is 0 Å². The van der Waals surface area contributed by atoms with Gasteiger partial charge in [0.1, 0.15) is 0 Å². The molecule has 0 amide bonds. The van der Waals surface area contributed by atoms with E-state index in [1.165, 1.54) is 8.61 Å². The molecule has 0 saturated heterocycles. The highest BCUT2D eigenvalue weighted by atomic mass is 35.5. The lowest BCUT2D eigenvalue weighted by Crippen LogP contribution is -2.44. The minimum atomic E-state index is -3.31. The third-order valence-corrected chi connectivity index (χ3v) is 4.90. The van der Waals surface area contributed by atoms with Crippen molar-refractivity contribution in [1.82, 2.24) is 8.61 Å². The minimum absolute atomic E-state index is 0.0217. The van der Waals surface area contributed by atoms with Crippen LogP contribution in [-0.2, 0) is 10.2 Å². The Kier molecular flexibility index (Phi) is 6.75. The van der Waals surface area contributed by atoms with Crippen molar-refractivity contribution in [2.45, 2.75) is 32.7 Å². The van der Waals surface area contributed by atoms with Gasteiger partial charge in [-0.15, -0.1) is 11.6 Å². The summed E-state index contributed by atoms with van der Waals surface area (Å²) in [6.07, 6.45) is 1.48. The first-order valence-electron chi connectivity index (χ1n) is 5.13. The van der Waals surface area contributed by atoms with Crippen molar-refractivity contribution >= 4 is 21.8 Å². The minimum Gasteiger partial charge on any atom is -0.195 e. The SMILES string of the molecule is CCC(C)N(C)S(=O)(=O)N(C)CCCCl. The van der Waals surface area contributed by atoms with Crippen LogP contribution in [0.25, 0.3) is 0 Å². The van der Waals surface area contributed by atoms with Crippen molar-refractivity contribution < 1.29 is 8.42 Å². The molecule has 0 N–H and O–H groups in total. The van der Waals surface area contributed by atoms with E-state index in [-0.39, 0.29) is 6.04 Å². The maximum atomic E-state index is 11.9. The van der Waals surface area contributed by atoms with Gasteiger partial charge >= 0.3 is 0 Å². The van der Waals surface area contributed by atoms with E-state index in [2.05, 4.69) is 0 Å². The molecule has 0 rings (SSSR count). The number of hydrogen-bond acceptors (Lipinski definition) is 2. The molecule has 0 bridgehead atoms. The summed E-state index contributed by atoms with van der Waals surface area (Å²) >= 11 is 5.53. The second kappa shape index (κ2) is 6.68. The molecular formula is C9H21ClN2O2S. The Bertz CT molecular complexity index is 269. The lowest BCUT2D eigenvalue weighted by Gasteiger charge is -2.28. The molecule has 0 aliphatic heterocycles. The highest BCUT2D eigenvalue weighted by molar-refractivity contribution is 7.86. The zero-order valence-electron chi connectivity index (χ0n) is 9.90. The van der Waals surface area contributed by atoms with Crippen LogP contribution in [0, 0.1) is 0 Å². The molecule has 0 fully saturated rings. The fourth-order valence-corrected chi connectivity index (χ4v) is 2.63. The lowest BCUT2D eigenvalue weighted by atomic mass is 10.3. The largest absolute Gasteiger partial charge is 0.281 e. The normalized spacial score (nSPS) is 14.9. The van der Waals surface area contributed by atoms with Crippen molar-refractivity contribution in [2.75, 3.05) is 26.5 Å². The Morgan fingerprint density at radius 1 is 1.33 bits per heavy atom. The van der Waals surface area contributed by atoms with Crippen LogP contribution >= 0.6 is 11.6 Å². The Morgan fingerprint density at radius 3 is 2.27 bits per heavy atom. The van der Waals surface area contributed by atoms with E-state index < -0.39 is 10.2 Å². The van der Waals surface area contributed by atoms with Gasteiger partial charge in [-0.2, -0.15) is 17.0 Å². The molecule has 1 atom stereocenters. The molecule has 6 heteroatoms. The van der Waals surface area contributed by atoms with Crippen molar-refractivity contribution in [1.29, 1.82) is 0 Å². The van der Waals surface area contributed by atoms with Gasteiger partial charge in [-0.1, -0.05) is 6.92 Å². The third kappa shape index (κ3) is 4.26. The van der Waals surface area contributed by atoms with E-state index in [1.807, 2.05) is 13.8 Å². The molecule has 0 spiro atoms. The van der Waals surface area contributed by atoms with Crippen molar-refractivity contribution in [2.24, 2.45) is 0 Å². The van der Waals surface area contributed by atoms with Gasteiger partial charge < -0.3 is 0 Å². The van der Waals surface area contributed by atoms with E-state index in [0.717, 1.165) is 6.42 Å². The molecule has 0 radical (unpaired) electrons. The van der Waals surface area contributed by atoms with E-state index in [0.29, 0.717) is 18.8 Å². The van der Waals surface area contributed by atoms with Gasteiger partial charge in [0.15, 0.2) is 0 Å². The number of alkyl halides is 1. The molecule has 0 saturated carbocycles. The third-order valence-electron chi connectivity index (χ3n) is 2.58. The van der Waals surface area contributed by atoms with Gasteiger partial charge in [0.2, 0.25) is 0 Å². The maximum absolute atomic E-state index is 11.9. The highest BCUT2D eigenvalue weighted by Gasteiger charge is 2.26. The van der Waals surface area contributed by atoms with E-state index >= 15 is 0 Å². The molecule has 0 aliphatic carbocycles. The van der Waals surface area contributed by atoms with Crippen LogP contribution < -0.4 is 0 Å². The molecule has 0 heterocycles. The van der Waals surface area contributed by atoms with Gasteiger partial charge in [-0.25, -0.2) is 0 Å². The van der Waals surface area contributed by atoms with E-state index in [9.17, 15) is 8.42 Å². The molecule has 0 aromatic rings. The Balaban J connectivity index is 4.52. The standard InChI is InChI=1S/C9H21ClN2O2S/c1-5-9(2)12(4)15(13,14)11(3)8-6-7-10/h9H,5-8H2,1-4H3. The second-order valence-corrected chi connectivity index (χ2v) is 6.12. The van der Waals surface area contributed by atoms with Crippen LogP contribution in [0.4, 0.5) is 0 Å². The quantitative estimate of drug-likeness (QED) is 0.648. The Labute approximate surface area is 98.4 Å². The van der Waals surface area contributed by atoms with E-state index in [4.69, 9.17) is 11.6 Å². The fourth-order valence-electron chi connectivity index (χ4n) is 1.10. The van der Waals surface area contributed by atoms with Gasteiger partial charge in [0.05, 0.1) is 0 Å². The summed E-state index contributed by atoms with van der Waals surface area (Å²) in [7, 11) is -0.119. The molecular weight excluding hydrogens is 236 g/mol. The average Bonchev–Trinajstić information content (AvgIpc) is 2.23. The van der Waals surface area contributed by atoms with Crippen LogP contribution in [0.3, 0.4) is 0 Å². The fraction of sp³-hybridized carbons (Fsp3) is 1.00. The maximum Gasteiger partial charge on any atom is 0.281 e. The van der Waals surface area contributed by atoms with Crippen molar-refractivity contribution in [3.8, 4) is 0 Å². The first-order valence-corrected chi connectivity index (χ1v) is 7.06. The Hall–Kier alpha value is 0.160. The van der Waals surface area contributed by atoms with Gasteiger partial charge in [0.25, 0.3) is 10.2 Å². The predicted octanol–water partition coefficient (Wildman–Crippen LogP) is 1.52. The molecule has 4 nitrogen and oxygen atoms in total. The van der Waals surface area contributed by atoms with Gasteiger partial charge in [-0.3, -0.25) is 0 Å². The molecule has 15 heavy (non-hydrogen) atoms. The molecule has 1 unspecified atom stereocenters. The van der Waals surface area contributed by atoms with Gasteiger partial charge in [0, 0.05) is 32.6 Å². The summed E-state index contributed by atoms with van der Waals surface area (Å²) in [6.45, 7) is 4.33. The van der Waals surface area contributed by atoms with Crippen LogP contribution in [0.2, 0.25) is 0 Å². The van der Waals surface area contributed by atoms with Crippen LogP contribution in [-0.4, -0.2) is 49.6 Å². The molecule has 0 aromatic carbocycles. The Morgan fingerprint density at radius 2 is 1.87 bits per heavy atom. The summed E-state index contributed by atoms with van der Waals surface area (Å²) in [6, 6.07) is 0.0217. The number of nitrogens with zero attached hydrogens (tertiary/aromatic N) is 2. The van der Waals surface area contributed by atoms with E-state index in [1.54, 1.807) is 14.1 Å². The smallest absolute Gasteiger partial charge is 0.195 e. The lowest BCUT2D eigenvalue weighted by molar-refractivity contribution is 0.339. The number of halogens is 1. The van der Waals surface area contributed by atoms with Crippen molar-refractivity contribution in [3.63, 3.8) is 0 Å². The number of hydrogen-bond donors (Lipinski definition) is 0. The molecule has 0 aromatic heterocycles. The summed E-state index contributed by atoms with van der Waals surface area (Å²) in [5, 5.41) is 0. The number of rotatable bonds is 7. The molecule has 92 valence electrons. The highest BCUT2D eigenvalue weighted by Crippen LogP contribution is 2.10. The second-order valence-electron chi connectivity index (χ2n) is 3.65. The summed E-state index contributed by atoms with van der Waals surface area (Å²) in [4.78, 5) is 0. The summed E-state index contributed by atoms with van der Waals surface area (Å²) < 4.78 is 26.6.